The Balaban J connectivity index is 1.43. The number of alkyl halides is 5. The summed E-state index contributed by atoms with van der Waals surface area (Å²) >= 11 is 0. The molecule has 0 radical (unpaired) electrons. The van der Waals surface area contributed by atoms with Gasteiger partial charge in [-0.3, -0.25) is 4.90 Å². The summed E-state index contributed by atoms with van der Waals surface area (Å²) in [5, 5.41) is -0.314. The van der Waals surface area contributed by atoms with Gasteiger partial charge in [-0.1, -0.05) is 0 Å². The van der Waals surface area contributed by atoms with E-state index in [0.717, 1.165) is 19.1 Å². The third-order valence-electron chi connectivity index (χ3n) is 8.98. The predicted molar refractivity (Wildman–Crippen MR) is 146 cm³/mol. The van der Waals surface area contributed by atoms with Crippen LogP contribution >= 0.6 is 0 Å². The van der Waals surface area contributed by atoms with Gasteiger partial charge in [-0.25, -0.2) is 22.5 Å². The Morgan fingerprint density at radius 1 is 1.18 bits per heavy atom. The third kappa shape index (κ3) is 4.70. The van der Waals surface area contributed by atoms with Crippen molar-refractivity contribution in [2.45, 2.75) is 56.3 Å². The van der Waals surface area contributed by atoms with Crippen molar-refractivity contribution in [3.8, 4) is 17.3 Å². The third-order valence-corrected chi connectivity index (χ3v) is 8.98. The van der Waals surface area contributed by atoms with E-state index in [4.69, 9.17) is 17.9 Å². The maximum absolute atomic E-state index is 16.5. The molecule has 4 fully saturated rings. The van der Waals surface area contributed by atoms with Crippen LogP contribution in [0.3, 0.4) is 0 Å². The van der Waals surface area contributed by atoms with Crippen LogP contribution in [-0.4, -0.2) is 83.2 Å². The molecule has 5 heterocycles. The van der Waals surface area contributed by atoms with Crippen molar-refractivity contribution in [2.24, 2.45) is 5.92 Å². The lowest BCUT2D eigenvalue weighted by molar-refractivity contribution is -0.137. The van der Waals surface area contributed by atoms with Crippen LogP contribution in [0.5, 0.6) is 6.01 Å². The monoisotopic (exact) mass is 628 g/mol. The number of rotatable bonds is 5. The largest absolute Gasteiger partial charge is 0.461 e. The number of halogens is 7. The Hall–Kier alpha value is -3.46. The number of anilines is 2. The molecule has 0 unspecified atom stereocenters. The van der Waals surface area contributed by atoms with Gasteiger partial charge in [0, 0.05) is 30.8 Å². The Bertz CT molecular complexity index is 1730. The second-order valence-electron chi connectivity index (χ2n) is 11.8. The summed E-state index contributed by atoms with van der Waals surface area (Å²) < 4.78 is 133. The molecule has 3 saturated heterocycles. The van der Waals surface area contributed by atoms with Gasteiger partial charge in [0.05, 0.1) is 44.4 Å². The molecule has 0 spiro atoms. The molecule has 5 atom stereocenters. The molecule has 2 N–H and O–H groups in total. The zero-order valence-corrected chi connectivity index (χ0v) is 23.4. The van der Waals surface area contributed by atoms with Gasteiger partial charge < -0.3 is 20.1 Å². The Morgan fingerprint density at radius 2 is 1.98 bits per heavy atom. The molecule has 236 valence electrons. The minimum atomic E-state index is -5.07. The van der Waals surface area contributed by atoms with Crippen LogP contribution in [0.2, 0.25) is 0 Å². The van der Waals surface area contributed by atoms with Gasteiger partial charge in [0.25, 0.3) is 0 Å². The highest BCUT2D eigenvalue weighted by molar-refractivity contribution is 5.94. The first-order valence-corrected chi connectivity index (χ1v) is 14.2. The lowest BCUT2D eigenvalue weighted by Gasteiger charge is -2.31. The standard InChI is InChI=1S/C29H29F7N6O2/c1-13-7-18(37)38-24(20(13)29(34,35)36)19-17(31)8-15-23(22(19)33)39-27(44-12-28-3-2-4-41(28)10-14(30)9-28)40-26(15)42-5-6-43-11-16-21(32)25(16)42/h7-8,14,16,21,25H,2-6,9-12H2,1H3,(H2,37,38)/t14-,16-,21-,25-,28+/m1/s1/i12D2. The first-order chi connectivity index (χ1) is 21.6. The predicted octanol–water partition coefficient (Wildman–Crippen LogP) is 5.01. The lowest BCUT2D eigenvalue weighted by atomic mass is 9.95. The SMILES string of the molecule is [2H]C([2H])(Oc1nc(N2CCOC[C@@H]3[C@@H](F)[C@@H]32)c2cc(F)c(-c3nc(N)cc(C)c3C(F)(F)F)c(F)c2n1)[C@@]12CCCN1C[C@H](F)C2. The van der Waals surface area contributed by atoms with Gasteiger partial charge in [0.1, 0.15) is 41.9 Å². The first kappa shape index (κ1) is 26.9. The molecule has 0 amide bonds. The molecule has 3 aliphatic heterocycles. The molecule has 1 saturated carbocycles. The van der Waals surface area contributed by atoms with E-state index in [2.05, 4.69) is 15.0 Å². The second kappa shape index (κ2) is 10.3. The molecule has 44 heavy (non-hydrogen) atoms. The zero-order chi connectivity index (χ0) is 32.9. The molecule has 1 aliphatic carbocycles. The number of ether oxygens (including phenoxy) is 2. The van der Waals surface area contributed by atoms with Gasteiger partial charge in [0.15, 0.2) is 5.82 Å². The van der Waals surface area contributed by atoms with Crippen molar-refractivity contribution in [3.63, 3.8) is 0 Å². The molecular weight excluding hydrogens is 597 g/mol. The number of nitrogen functional groups attached to an aromatic ring is 1. The van der Waals surface area contributed by atoms with E-state index in [1.54, 1.807) is 4.90 Å². The summed E-state index contributed by atoms with van der Waals surface area (Å²) in [7, 11) is 0. The fourth-order valence-corrected chi connectivity index (χ4v) is 6.97. The average molecular weight is 629 g/mol. The topological polar surface area (TPSA) is 89.6 Å². The summed E-state index contributed by atoms with van der Waals surface area (Å²) in [6.45, 7) is -0.902. The highest BCUT2D eigenvalue weighted by Crippen LogP contribution is 2.47. The number of nitrogens with zero attached hydrogens (tertiary/aromatic N) is 5. The molecule has 8 nitrogen and oxygen atoms in total. The van der Waals surface area contributed by atoms with Gasteiger partial charge in [-0.15, -0.1) is 0 Å². The molecule has 4 aliphatic rings. The van der Waals surface area contributed by atoms with Gasteiger partial charge in [0.2, 0.25) is 0 Å². The number of aromatic nitrogens is 3. The van der Waals surface area contributed by atoms with E-state index in [1.165, 1.54) is 4.90 Å². The van der Waals surface area contributed by atoms with Crippen molar-refractivity contribution in [1.82, 2.24) is 19.9 Å². The molecule has 3 aromatic rings. The molecule has 1 aromatic carbocycles. The number of aryl methyl sites for hydroxylation is 1. The fourth-order valence-electron chi connectivity index (χ4n) is 6.97. The van der Waals surface area contributed by atoms with Gasteiger partial charge in [-0.2, -0.15) is 23.1 Å². The summed E-state index contributed by atoms with van der Waals surface area (Å²) in [5.74, 6) is -4.20. The molecular formula is C29H29F7N6O2. The smallest absolute Gasteiger partial charge is 0.418 e. The van der Waals surface area contributed by atoms with Crippen LogP contribution in [0.15, 0.2) is 12.1 Å². The van der Waals surface area contributed by atoms with Crippen LogP contribution < -0.4 is 15.4 Å². The van der Waals surface area contributed by atoms with E-state index < -0.39 is 93.9 Å². The fraction of sp³-hybridized carbons (Fsp3) is 0.552. The zero-order valence-electron chi connectivity index (χ0n) is 25.4. The summed E-state index contributed by atoms with van der Waals surface area (Å²) in [6, 6.07) is 0.130. The van der Waals surface area contributed by atoms with Crippen molar-refractivity contribution in [2.75, 3.05) is 50.0 Å². The van der Waals surface area contributed by atoms with Gasteiger partial charge in [-0.05, 0) is 44.0 Å². The second-order valence-corrected chi connectivity index (χ2v) is 11.8. The van der Waals surface area contributed by atoms with Crippen LogP contribution in [0.1, 0.15) is 33.1 Å². The summed E-state index contributed by atoms with van der Waals surface area (Å²) in [4.78, 5) is 15.1. The van der Waals surface area contributed by atoms with Crippen molar-refractivity contribution < 1.29 is 42.9 Å². The highest BCUT2D eigenvalue weighted by atomic mass is 19.4. The van der Waals surface area contributed by atoms with Crippen molar-refractivity contribution in [1.29, 1.82) is 0 Å². The van der Waals surface area contributed by atoms with E-state index in [9.17, 15) is 22.0 Å². The Morgan fingerprint density at radius 3 is 2.75 bits per heavy atom. The van der Waals surface area contributed by atoms with E-state index in [1.807, 2.05) is 0 Å². The summed E-state index contributed by atoms with van der Waals surface area (Å²) in [6.07, 6.45) is -7.11. The number of hydrogen-bond acceptors (Lipinski definition) is 8. The molecule has 2 aromatic heterocycles. The van der Waals surface area contributed by atoms with E-state index >= 15 is 8.78 Å². The minimum absolute atomic E-state index is 0.00708. The Kier molecular flexibility index (Phi) is 6.29. The number of fused-ring (bicyclic) bond motifs is 3. The maximum atomic E-state index is 16.5. The minimum Gasteiger partial charge on any atom is -0.461 e. The van der Waals surface area contributed by atoms with Gasteiger partial charge >= 0.3 is 12.2 Å². The van der Waals surface area contributed by atoms with Crippen LogP contribution in [0, 0.1) is 24.5 Å². The molecule has 0 bridgehead atoms. The summed E-state index contributed by atoms with van der Waals surface area (Å²) in [5.41, 5.74) is -0.497. The van der Waals surface area contributed by atoms with Crippen LogP contribution in [0.4, 0.5) is 42.4 Å². The van der Waals surface area contributed by atoms with E-state index in [0.29, 0.717) is 13.0 Å². The number of nitrogens with two attached hydrogens (primary N) is 1. The Labute approximate surface area is 250 Å². The van der Waals surface area contributed by atoms with Crippen LogP contribution in [0.25, 0.3) is 22.2 Å². The maximum Gasteiger partial charge on any atom is 0.418 e. The first-order valence-electron chi connectivity index (χ1n) is 15.2. The lowest BCUT2D eigenvalue weighted by Crippen LogP contribution is -2.43. The normalized spacial score (nSPS) is 29.7. The van der Waals surface area contributed by atoms with E-state index in [-0.39, 0.29) is 50.3 Å². The number of benzene rings is 1. The quantitative estimate of drug-likeness (QED) is 0.395. The van der Waals surface area contributed by atoms with Crippen LogP contribution in [-0.2, 0) is 10.9 Å². The molecule has 15 heteroatoms. The van der Waals surface area contributed by atoms with Crippen molar-refractivity contribution >= 4 is 22.5 Å². The number of hydrogen-bond donors (Lipinski definition) is 1. The average Bonchev–Trinajstić information content (AvgIpc) is 3.30. The number of pyridine rings is 1. The highest BCUT2D eigenvalue weighted by Gasteiger charge is 2.56. The van der Waals surface area contributed by atoms with Crippen molar-refractivity contribution in [3.05, 3.63) is 34.9 Å². The molecule has 7 rings (SSSR count).